The van der Waals surface area contributed by atoms with Gasteiger partial charge < -0.3 is 14.2 Å². The van der Waals surface area contributed by atoms with Crippen LogP contribution in [0.25, 0.3) is 22.8 Å². The lowest BCUT2D eigenvalue weighted by molar-refractivity contribution is -0.131. The average molecular weight is 446 g/mol. The summed E-state index contributed by atoms with van der Waals surface area (Å²) in [6.45, 7) is 7.26. The number of hydrogen-bond acceptors (Lipinski definition) is 7. The average Bonchev–Trinajstić information content (AvgIpc) is 3.20. The predicted molar refractivity (Wildman–Crippen MR) is 122 cm³/mol. The zero-order valence-corrected chi connectivity index (χ0v) is 19.2. The number of hydrogen-bond donors (Lipinski definition) is 0. The Hall–Kier alpha value is -3.73. The van der Waals surface area contributed by atoms with Crippen molar-refractivity contribution in [2.45, 2.75) is 52.6 Å². The van der Waals surface area contributed by atoms with Crippen LogP contribution in [0.5, 0.6) is 5.88 Å². The summed E-state index contributed by atoms with van der Waals surface area (Å²) in [5.41, 5.74) is 4.17. The van der Waals surface area contributed by atoms with E-state index in [1.165, 1.54) is 11.1 Å². The minimum Gasteiger partial charge on any atom is -0.474 e. The summed E-state index contributed by atoms with van der Waals surface area (Å²) in [5.74, 6) is 1.27. The van der Waals surface area contributed by atoms with E-state index in [0.29, 0.717) is 23.4 Å². The molecule has 0 saturated heterocycles. The summed E-state index contributed by atoms with van der Waals surface area (Å²) in [6, 6.07) is 9.89. The van der Waals surface area contributed by atoms with Crippen LogP contribution in [0.15, 0.2) is 35.0 Å². The number of carbonyl (C=O) groups is 1. The third-order valence-corrected chi connectivity index (χ3v) is 5.58. The van der Waals surface area contributed by atoms with Gasteiger partial charge in [0.05, 0.1) is 11.7 Å². The Kier molecular flexibility index (Phi) is 6.68. The molecule has 0 fully saturated rings. The lowest BCUT2D eigenvalue weighted by Gasteiger charge is -2.19. The summed E-state index contributed by atoms with van der Waals surface area (Å²) < 4.78 is 11.0. The fraction of sp³-hybridized carbons (Fsp3) is 0.400. The summed E-state index contributed by atoms with van der Waals surface area (Å²) in [5, 5.41) is 13.6. The Bertz CT molecular complexity index is 1190. The van der Waals surface area contributed by atoms with Crippen molar-refractivity contribution in [3.8, 4) is 34.8 Å². The zero-order chi connectivity index (χ0) is 23.4. The Labute approximate surface area is 193 Å². The molecule has 3 aromatic rings. The van der Waals surface area contributed by atoms with Crippen LogP contribution in [0, 0.1) is 11.3 Å². The molecule has 0 radical (unpaired) electrons. The second-order valence-corrected chi connectivity index (χ2v) is 8.39. The molecule has 1 aliphatic rings. The summed E-state index contributed by atoms with van der Waals surface area (Å²) in [6.07, 6.45) is 4.59. The fourth-order valence-electron chi connectivity index (χ4n) is 3.91. The molecule has 0 saturated carbocycles. The van der Waals surface area contributed by atoms with Crippen LogP contribution < -0.4 is 4.74 Å². The maximum atomic E-state index is 12.3. The molecule has 1 amide bonds. The summed E-state index contributed by atoms with van der Waals surface area (Å²) >= 11 is 0. The van der Waals surface area contributed by atoms with Crippen molar-refractivity contribution >= 4 is 5.91 Å². The molecule has 8 heteroatoms. The number of nitriles is 1. The number of carbonyl (C=O) groups excluding carboxylic acids is 1. The number of fused-ring (bicyclic) bond motifs is 1. The van der Waals surface area contributed by atoms with Crippen molar-refractivity contribution in [1.82, 2.24) is 20.0 Å². The third-order valence-electron chi connectivity index (χ3n) is 5.58. The molecule has 2 aromatic heterocycles. The number of pyridine rings is 1. The van der Waals surface area contributed by atoms with E-state index in [1.807, 2.05) is 31.7 Å². The molecule has 8 nitrogen and oxygen atoms in total. The van der Waals surface area contributed by atoms with Crippen molar-refractivity contribution in [3.63, 3.8) is 0 Å². The van der Waals surface area contributed by atoms with E-state index in [9.17, 15) is 10.1 Å². The highest BCUT2D eigenvalue weighted by Crippen LogP contribution is 2.28. The molecule has 0 N–H and O–H groups in total. The second-order valence-electron chi connectivity index (χ2n) is 8.39. The van der Waals surface area contributed by atoms with Crippen LogP contribution in [0.2, 0.25) is 0 Å². The highest BCUT2D eigenvalue weighted by molar-refractivity contribution is 5.76. The molecule has 0 aliphatic carbocycles. The smallest absolute Gasteiger partial charge is 0.259 e. The van der Waals surface area contributed by atoms with Gasteiger partial charge in [0.25, 0.3) is 5.89 Å². The quantitative estimate of drug-likeness (QED) is 0.560. The number of aromatic nitrogens is 3. The molecule has 1 aliphatic heterocycles. The topological polar surface area (TPSA) is 105 Å². The number of benzene rings is 1. The maximum absolute atomic E-state index is 12.3. The van der Waals surface area contributed by atoms with Gasteiger partial charge in [-0.2, -0.15) is 10.2 Å². The molecule has 33 heavy (non-hydrogen) atoms. The van der Waals surface area contributed by atoms with Gasteiger partial charge in [0.2, 0.25) is 17.6 Å². The first kappa shape index (κ1) is 22.5. The molecule has 0 atom stereocenters. The van der Waals surface area contributed by atoms with Gasteiger partial charge in [-0.05, 0) is 56.4 Å². The summed E-state index contributed by atoms with van der Waals surface area (Å²) in [4.78, 5) is 23.0. The monoisotopic (exact) mass is 445 g/mol. The molecular formula is C25H27N5O3. The predicted octanol–water partition coefficient (Wildman–Crippen LogP) is 4.18. The van der Waals surface area contributed by atoms with Gasteiger partial charge in [0, 0.05) is 31.3 Å². The van der Waals surface area contributed by atoms with Crippen molar-refractivity contribution in [3.05, 3.63) is 47.2 Å². The van der Waals surface area contributed by atoms with Crippen LogP contribution in [0.3, 0.4) is 0 Å². The zero-order valence-electron chi connectivity index (χ0n) is 19.2. The standard InChI is InChI=1S/C25H27N5O3/c1-4-5-22(31)30-10-8-17-6-7-19(12-18(17)9-11-30)23-28-25(33-29-23)21-13-20(14-26)24(27-15-21)32-16(2)3/h6-7,12-13,15-16H,4-5,8-11H2,1-3H3. The van der Waals surface area contributed by atoms with Gasteiger partial charge >= 0.3 is 0 Å². The van der Waals surface area contributed by atoms with Gasteiger partial charge in [-0.3, -0.25) is 4.79 Å². The minimum atomic E-state index is -0.0875. The van der Waals surface area contributed by atoms with Gasteiger partial charge in [-0.15, -0.1) is 0 Å². The fourth-order valence-corrected chi connectivity index (χ4v) is 3.91. The Morgan fingerprint density at radius 3 is 2.73 bits per heavy atom. The molecule has 3 heterocycles. The highest BCUT2D eigenvalue weighted by atomic mass is 16.5. The third kappa shape index (κ3) is 5.03. The van der Waals surface area contributed by atoms with E-state index >= 15 is 0 Å². The first-order chi connectivity index (χ1) is 16.0. The molecule has 170 valence electrons. The second kappa shape index (κ2) is 9.82. The highest BCUT2D eigenvalue weighted by Gasteiger charge is 2.20. The van der Waals surface area contributed by atoms with Gasteiger partial charge in [0.1, 0.15) is 11.6 Å². The number of ether oxygens (including phenoxy) is 1. The van der Waals surface area contributed by atoms with Crippen LogP contribution in [0.4, 0.5) is 0 Å². The Balaban J connectivity index is 1.55. The van der Waals surface area contributed by atoms with E-state index < -0.39 is 0 Å². The lowest BCUT2D eigenvalue weighted by Crippen LogP contribution is -2.32. The Morgan fingerprint density at radius 2 is 2.00 bits per heavy atom. The number of nitrogens with zero attached hydrogens (tertiary/aromatic N) is 5. The van der Waals surface area contributed by atoms with E-state index in [0.717, 1.165) is 37.9 Å². The van der Waals surface area contributed by atoms with Crippen LogP contribution >= 0.6 is 0 Å². The van der Waals surface area contributed by atoms with Gasteiger partial charge in [-0.1, -0.05) is 24.2 Å². The number of rotatable bonds is 6. The van der Waals surface area contributed by atoms with E-state index in [-0.39, 0.29) is 23.8 Å². The minimum absolute atomic E-state index is 0.0875. The first-order valence-electron chi connectivity index (χ1n) is 11.3. The number of amides is 1. The van der Waals surface area contributed by atoms with Gasteiger partial charge in [0.15, 0.2) is 0 Å². The SMILES string of the molecule is CCCC(=O)N1CCc2ccc(-c3noc(-c4cnc(OC(C)C)c(C#N)c4)n3)cc2CC1. The molecule has 0 spiro atoms. The van der Waals surface area contributed by atoms with E-state index in [2.05, 4.69) is 33.3 Å². The first-order valence-corrected chi connectivity index (χ1v) is 11.3. The summed E-state index contributed by atoms with van der Waals surface area (Å²) in [7, 11) is 0. The van der Waals surface area contributed by atoms with Gasteiger partial charge in [-0.25, -0.2) is 4.98 Å². The van der Waals surface area contributed by atoms with Crippen molar-refractivity contribution in [1.29, 1.82) is 5.26 Å². The largest absolute Gasteiger partial charge is 0.474 e. The lowest BCUT2D eigenvalue weighted by atomic mass is 10.00. The molecular weight excluding hydrogens is 418 g/mol. The van der Waals surface area contributed by atoms with Crippen molar-refractivity contribution < 1.29 is 14.1 Å². The van der Waals surface area contributed by atoms with Crippen LogP contribution in [-0.2, 0) is 17.6 Å². The Morgan fingerprint density at radius 1 is 1.21 bits per heavy atom. The molecule has 0 bridgehead atoms. The molecule has 0 unspecified atom stereocenters. The normalized spacial score (nSPS) is 13.4. The van der Waals surface area contributed by atoms with Crippen molar-refractivity contribution in [2.24, 2.45) is 0 Å². The van der Waals surface area contributed by atoms with Crippen molar-refractivity contribution in [2.75, 3.05) is 13.1 Å². The maximum Gasteiger partial charge on any atom is 0.259 e. The van der Waals surface area contributed by atoms with E-state index in [1.54, 1.807) is 12.3 Å². The van der Waals surface area contributed by atoms with Crippen LogP contribution in [0.1, 0.15) is 50.3 Å². The van der Waals surface area contributed by atoms with Crippen LogP contribution in [-0.4, -0.2) is 45.1 Å². The molecule has 4 rings (SSSR count). The molecule has 1 aromatic carbocycles. The van der Waals surface area contributed by atoms with E-state index in [4.69, 9.17) is 9.26 Å².